The Morgan fingerprint density at radius 1 is 1.11 bits per heavy atom. The van der Waals surface area contributed by atoms with Gasteiger partial charge in [0.05, 0.1) is 35.6 Å². The molecule has 2 aromatic carbocycles. The van der Waals surface area contributed by atoms with Crippen molar-refractivity contribution in [3.8, 4) is 11.5 Å². The number of methoxy groups -OCH3 is 2. The number of aliphatic hydroxyl groups is 1. The molecule has 0 radical (unpaired) electrons. The zero-order valence-corrected chi connectivity index (χ0v) is 19.8. The van der Waals surface area contributed by atoms with Crippen molar-refractivity contribution in [2.75, 3.05) is 20.8 Å². The van der Waals surface area contributed by atoms with E-state index in [1.807, 2.05) is 6.07 Å². The van der Waals surface area contributed by atoms with Gasteiger partial charge in [-0.3, -0.25) is 19.7 Å². The molecule has 1 N–H and O–H groups in total. The van der Waals surface area contributed by atoms with Gasteiger partial charge >= 0.3 is 0 Å². The lowest BCUT2D eigenvalue weighted by molar-refractivity contribution is -0.384. The standard InChI is InChI=1S/C25H22N2O7S/c1-33-18-9-8-15(13-19(18)34-2)10-11-26-22(16-5-3-6-17(14-16)27(31)32)21(24(29)25(26)30)23(28)20-7-4-12-35-20/h3-9,12-14,22,29H,10-11H2,1-2H3/t22-/m0/s1. The van der Waals surface area contributed by atoms with Gasteiger partial charge in [-0.2, -0.15) is 0 Å². The molecule has 0 spiro atoms. The van der Waals surface area contributed by atoms with Crippen molar-refractivity contribution < 1.29 is 29.1 Å². The maximum atomic E-state index is 13.3. The first-order valence-electron chi connectivity index (χ1n) is 10.6. The van der Waals surface area contributed by atoms with Crippen molar-refractivity contribution in [2.24, 2.45) is 0 Å². The fourth-order valence-corrected chi connectivity index (χ4v) is 4.78. The van der Waals surface area contributed by atoms with Gasteiger partial charge in [-0.15, -0.1) is 11.3 Å². The number of nitro benzene ring substituents is 1. The highest BCUT2D eigenvalue weighted by molar-refractivity contribution is 7.12. The molecule has 0 unspecified atom stereocenters. The summed E-state index contributed by atoms with van der Waals surface area (Å²) in [5.74, 6) is -0.751. The Labute approximate surface area is 205 Å². The number of benzene rings is 2. The molecule has 0 saturated carbocycles. The third kappa shape index (κ3) is 4.60. The molecule has 1 aliphatic heterocycles. The average Bonchev–Trinajstić information content (AvgIpc) is 3.49. The summed E-state index contributed by atoms with van der Waals surface area (Å²) in [4.78, 5) is 39.0. The number of carbonyl (C=O) groups excluding carboxylic acids is 2. The number of Topliss-reactive ketones (excluding diaryl/α,β-unsaturated/α-hetero) is 1. The summed E-state index contributed by atoms with van der Waals surface area (Å²) in [6.45, 7) is 0.146. The van der Waals surface area contributed by atoms with Crippen LogP contribution in [0.4, 0.5) is 5.69 Å². The minimum atomic E-state index is -0.975. The van der Waals surface area contributed by atoms with Crippen molar-refractivity contribution in [1.29, 1.82) is 0 Å². The molecule has 1 aliphatic rings. The van der Waals surface area contributed by atoms with Crippen LogP contribution in [0.2, 0.25) is 0 Å². The van der Waals surface area contributed by atoms with Crippen LogP contribution in [-0.2, 0) is 11.2 Å². The molecule has 0 fully saturated rings. The van der Waals surface area contributed by atoms with E-state index in [2.05, 4.69) is 0 Å². The number of hydrogen-bond donors (Lipinski definition) is 1. The smallest absolute Gasteiger partial charge is 0.290 e. The first-order chi connectivity index (χ1) is 16.8. The van der Waals surface area contributed by atoms with Crippen LogP contribution in [0.25, 0.3) is 0 Å². The minimum absolute atomic E-state index is 0.0924. The fourth-order valence-electron chi connectivity index (χ4n) is 4.10. The Morgan fingerprint density at radius 2 is 1.89 bits per heavy atom. The van der Waals surface area contributed by atoms with E-state index in [0.29, 0.717) is 28.4 Å². The number of amides is 1. The highest BCUT2D eigenvalue weighted by atomic mass is 32.1. The number of hydrogen-bond acceptors (Lipinski definition) is 8. The maximum Gasteiger partial charge on any atom is 0.290 e. The maximum absolute atomic E-state index is 13.3. The van der Waals surface area contributed by atoms with Gasteiger partial charge < -0.3 is 19.5 Å². The van der Waals surface area contributed by atoms with Crippen LogP contribution in [0.1, 0.15) is 26.8 Å². The molecule has 180 valence electrons. The van der Waals surface area contributed by atoms with Crippen molar-refractivity contribution in [3.63, 3.8) is 0 Å². The number of ketones is 1. The topological polar surface area (TPSA) is 119 Å². The Hall–Kier alpha value is -4.18. The SMILES string of the molecule is COc1ccc(CCN2C(=O)C(O)=C(C(=O)c3cccs3)[C@@H]2c2cccc([N+](=O)[O-])c2)cc1OC. The summed E-state index contributed by atoms with van der Waals surface area (Å²) >= 11 is 1.19. The monoisotopic (exact) mass is 494 g/mol. The number of rotatable bonds is 9. The number of nitro groups is 1. The lowest BCUT2D eigenvalue weighted by Gasteiger charge is -2.27. The molecular formula is C25H22N2O7S. The van der Waals surface area contributed by atoms with Crippen LogP contribution in [-0.4, -0.2) is 47.4 Å². The molecule has 9 nitrogen and oxygen atoms in total. The van der Waals surface area contributed by atoms with Crippen molar-refractivity contribution in [2.45, 2.75) is 12.5 Å². The molecule has 0 aliphatic carbocycles. The molecule has 10 heteroatoms. The number of nitrogens with zero attached hydrogens (tertiary/aromatic N) is 2. The molecule has 1 atom stereocenters. The molecule has 1 amide bonds. The van der Waals surface area contributed by atoms with Gasteiger partial charge in [-0.1, -0.05) is 24.3 Å². The Bertz CT molecular complexity index is 1320. The highest BCUT2D eigenvalue weighted by Crippen LogP contribution is 2.40. The molecule has 35 heavy (non-hydrogen) atoms. The number of thiophene rings is 1. The van der Waals surface area contributed by atoms with E-state index < -0.39 is 28.4 Å². The van der Waals surface area contributed by atoms with Gasteiger partial charge in [0.15, 0.2) is 17.3 Å². The van der Waals surface area contributed by atoms with E-state index in [1.54, 1.807) is 35.7 Å². The van der Waals surface area contributed by atoms with E-state index in [9.17, 15) is 24.8 Å². The van der Waals surface area contributed by atoms with Gasteiger partial charge in [0.1, 0.15) is 0 Å². The van der Waals surface area contributed by atoms with E-state index in [1.165, 1.54) is 48.7 Å². The van der Waals surface area contributed by atoms with Crippen LogP contribution in [0.3, 0.4) is 0 Å². The van der Waals surface area contributed by atoms with Gasteiger partial charge in [-0.05, 0) is 41.1 Å². The van der Waals surface area contributed by atoms with Crippen LogP contribution in [0.15, 0.2) is 71.3 Å². The molecule has 4 rings (SSSR count). The third-order valence-corrected chi connectivity index (χ3v) is 6.65. The Balaban J connectivity index is 1.71. The van der Waals surface area contributed by atoms with Crippen LogP contribution in [0, 0.1) is 10.1 Å². The van der Waals surface area contributed by atoms with Crippen LogP contribution in [0.5, 0.6) is 11.5 Å². The van der Waals surface area contributed by atoms with Crippen molar-refractivity contribution in [1.82, 2.24) is 4.90 Å². The summed E-state index contributed by atoms with van der Waals surface area (Å²) in [6, 6.07) is 13.4. The molecule has 3 aromatic rings. The van der Waals surface area contributed by atoms with Crippen LogP contribution >= 0.6 is 11.3 Å². The first-order valence-corrected chi connectivity index (χ1v) is 11.5. The average molecular weight is 495 g/mol. The van der Waals surface area contributed by atoms with Gasteiger partial charge in [-0.25, -0.2) is 0 Å². The quantitative estimate of drug-likeness (QED) is 0.264. The normalized spacial score (nSPS) is 15.4. The van der Waals surface area contributed by atoms with Crippen LogP contribution < -0.4 is 9.47 Å². The summed E-state index contributed by atoms with van der Waals surface area (Å²) in [5, 5.41) is 23.9. The van der Waals surface area contributed by atoms with E-state index in [0.717, 1.165) is 5.56 Å². The van der Waals surface area contributed by atoms with Crippen molar-refractivity contribution in [3.05, 3.63) is 97.4 Å². The predicted molar refractivity (Wildman–Crippen MR) is 129 cm³/mol. The van der Waals surface area contributed by atoms with E-state index >= 15 is 0 Å². The largest absolute Gasteiger partial charge is 0.503 e. The molecular weight excluding hydrogens is 472 g/mol. The van der Waals surface area contributed by atoms with E-state index in [-0.39, 0.29) is 17.8 Å². The molecule has 1 aromatic heterocycles. The Kier molecular flexibility index (Phi) is 6.83. The minimum Gasteiger partial charge on any atom is -0.503 e. The molecule has 2 heterocycles. The second-order valence-electron chi connectivity index (χ2n) is 7.76. The second-order valence-corrected chi connectivity index (χ2v) is 8.71. The third-order valence-electron chi connectivity index (χ3n) is 5.78. The predicted octanol–water partition coefficient (Wildman–Crippen LogP) is 4.49. The lowest BCUT2D eigenvalue weighted by atomic mass is 9.95. The van der Waals surface area contributed by atoms with Gasteiger partial charge in [0.25, 0.3) is 11.6 Å². The van der Waals surface area contributed by atoms with Gasteiger partial charge in [0, 0.05) is 18.7 Å². The summed E-state index contributed by atoms with van der Waals surface area (Å²) in [7, 11) is 3.05. The summed E-state index contributed by atoms with van der Waals surface area (Å²) < 4.78 is 10.6. The molecule has 0 bridgehead atoms. The lowest BCUT2D eigenvalue weighted by Crippen LogP contribution is -2.33. The number of carbonyl (C=O) groups is 2. The summed E-state index contributed by atoms with van der Waals surface area (Å²) in [5.41, 5.74) is 0.934. The molecule has 0 saturated heterocycles. The Morgan fingerprint density at radius 3 is 2.54 bits per heavy atom. The first kappa shape index (κ1) is 24.0. The zero-order chi connectivity index (χ0) is 25.1. The number of non-ortho nitro benzene ring substituents is 1. The summed E-state index contributed by atoms with van der Waals surface area (Å²) in [6.07, 6.45) is 0.380. The van der Waals surface area contributed by atoms with Gasteiger partial charge in [0.2, 0.25) is 5.78 Å². The second kappa shape index (κ2) is 9.98. The zero-order valence-electron chi connectivity index (χ0n) is 19.0. The highest BCUT2D eigenvalue weighted by Gasteiger charge is 2.44. The van der Waals surface area contributed by atoms with E-state index in [4.69, 9.17) is 9.47 Å². The fraction of sp³-hybridized carbons (Fsp3) is 0.200. The van der Waals surface area contributed by atoms with Crippen molar-refractivity contribution >= 4 is 28.7 Å². The number of ether oxygens (including phenoxy) is 2. The number of aliphatic hydroxyl groups excluding tert-OH is 1.